The number of aliphatic hydroxyl groups excluding tert-OH is 1. The predicted octanol–water partition coefficient (Wildman–Crippen LogP) is 2.31. The molecule has 0 fully saturated rings. The van der Waals surface area contributed by atoms with E-state index in [1.807, 2.05) is 4.72 Å². The lowest BCUT2D eigenvalue weighted by molar-refractivity contribution is 0.167. The second-order valence-electron chi connectivity index (χ2n) is 3.02. The summed E-state index contributed by atoms with van der Waals surface area (Å²) in [5, 5.41) is 9.71. The first-order valence-electron chi connectivity index (χ1n) is 4.15. The first-order valence-corrected chi connectivity index (χ1v) is 7.15. The van der Waals surface area contributed by atoms with Gasteiger partial charge in [0, 0.05) is 5.02 Å². The predicted molar refractivity (Wildman–Crippen MR) is 68.1 cm³/mol. The fraction of sp³-hybridized carbons (Fsp3) is 0.250. The number of rotatable bonds is 3. The Morgan fingerprint density at radius 2 is 1.65 bits per heavy atom. The third-order valence-corrected chi connectivity index (χ3v) is 4.00. The summed E-state index contributed by atoms with van der Waals surface area (Å²) in [6.45, 7) is 0. The fourth-order valence-electron chi connectivity index (χ4n) is 0.896. The van der Waals surface area contributed by atoms with Crippen molar-refractivity contribution in [1.82, 2.24) is 4.72 Å². The molecule has 0 heterocycles. The highest BCUT2D eigenvalue weighted by molar-refractivity contribution is 7.89. The average Bonchev–Trinajstić information content (AvgIpc) is 2.16. The van der Waals surface area contributed by atoms with Gasteiger partial charge in [0.05, 0.1) is 4.90 Å². The molecule has 0 spiro atoms. The van der Waals surface area contributed by atoms with E-state index < -0.39 is 20.0 Å². The fourth-order valence-corrected chi connectivity index (χ4v) is 2.48. The van der Waals surface area contributed by atoms with E-state index in [1.165, 1.54) is 24.3 Å². The third-order valence-electron chi connectivity index (χ3n) is 1.70. The summed E-state index contributed by atoms with van der Waals surface area (Å²) >= 11 is 21.6. The first kappa shape index (κ1) is 15.3. The number of halogens is 4. The highest BCUT2D eigenvalue weighted by Crippen LogP contribution is 2.29. The summed E-state index contributed by atoms with van der Waals surface area (Å²) in [4.78, 5) is -0.102. The molecule has 0 aliphatic carbocycles. The molecule has 96 valence electrons. The summed E-state index contributed by atoms with van der Waals surface area (Å²) < 4.78 is 23.1. The van der Waals surface area contributed by atoms with Crippen LogP contribution in [0.5, 0.6) is 0 Å². The molecule has 0 unspecified atom stereocenters. The second kappa shape index (κ2) is 5.48. The minimum Gasteiger partial charge on any atom is -0.373 e. The molecule has 4 nitrogen and oxygen atoms in total. The highest BCUT2D eigenvalue weighted by atomic mass is 35.6. The number of hydrogen-bond donors (Lipinski definition) is 2. The zero-order valence-corrected chi connectivity index (χ0v) is 11.9. The Kier molecular flexibility index (Phi) is 4.94. The molecule has 1 rings (SSSR count). The Hall–Kier alpha value is 0.250. The van der Waals surface area contributed by atoms with Crippen molar-refractivity contribution in [2.75, 3.05) is 0 Å². The van der Waals surface area contributed by atoms with E-state index in [1.54, 1.807) is 0 Å². The Labute approximate surface area is 118 Å². The van der Waals surface area contributed by atoms with Gasteiger partial charge < -0.3 is 5.11 Å². The van der Waals surface area contributed by atoms with Gasteiger partial charge in [0.15, 0.2) is 6.23 Å². The number of sulfonamides is 1. The summed E-state index contributed by atoms with van der Waals surface area (Å²) in [6, 6.07) is 5.29. The normalized spacial score (nSPS) is 14.6. The molecule has 0 radical (unpaired) electrons. The summed E-state index contributed by atoms with van der Waals surface area (Å²) in [7, 11) is -3.97. The first-order chi connectivity index (χ1) is 7.63. The smallest absolute Gasteiger partial charge is 0.242 e. The van der Waals surface area contributed by atoms with Gasteiger partial charge in [-0.2, -0.15) is 4.72 Å². The topological polar surface area (TPSA) is 66.4 Å². The van der Waals surface area contributed by atoms with Crippen LogP contribution < -0.4 is 4.72 Å². The lowest BCUT2D eigenvalue weighted by atomic mass is 10.4. The average molecular weight is 339 g/mol. The summed E-state index contributed by atoms with van der Waals surface area (Å²) in [6.07, 6.45) is -1.85. The van der Waals surface area contributed by atoms with Gasteiger partial charge in [0.2, 0.25) is 13.8 Å². The lowest BCUT2D eigenvalue weighted by Gasteiger charge is -2.19. The van der Waals surface area contributed by atoms with Crippen molar-refractivity contribution in [3.8, 4) is 0 Å². The van der Waals surface area contributed by atoms with Crippen molar-refractivity contribution in [3.63, 3.8) is 0 Å². The van der Waals surface area contributed by atoms with Crippen LogP contribution in [-0.2, 0) is 10.0 Å². The van der Waals surface area contributed by atoms with Gasteiger partial charge in [-0.15, -0.1) is 0 Å². The minimum absolute atomic E-state index is 0.102. The number of nitrogens with one attached hydrogen (secondary N) is 1. The van der Waals surface area contributed by atoms with Gasteiger partial charge >= 0.3 is 0 Å². The molecule has 0 aliphatic rings. The van der Waals surface area contributed by atoms with Crippen LogP contribution in [0.15, 0.2) is 29.2 Å². The van der Waals surface area contributed by atoms with Crippen LogP contribution in [0.1, 0.15) is 0 Å². The SMILES string of the molecule is O=S(=O)(N[C@H](O)C(Cl)(Cl)Cl)c1ccc(Cl)cc1. The van der Waals surface area contributed by atoms with E-state index >= 15 is 0 Å². The van der Waals surface area contributed by atoms with E-state index in [0.717, 1.165) is 0 Å². The van der Waals surface area contributed by atoms with Gasteiger partial charge in [-0.05, 0) is 24.3 Å². The van der Waals surface area contributed by atoms with Crippen molar-refractivity contribution in [2.24, 2.45) is 0 Å². The van der Waals surface area contributed by atoms with Crippen LogP contribution in [0.4, 0.5) is 0 Å². The zero-order chi connectivity index (χ0) is 13.3. The minimum atomic E-state index is -3.97. The van der Waals surface area contributed by atoms with E-state index in [-0.39, 0.29) is 4.90 Å². The third kappa shape index (κ3) is 4.44. The van der Waals surface area contributed by atoms with Crippen LogP contribution in [0.3, 0.4) is 0 Å². The molecule has 0 amide bonds. The van der Waals surface area contributed by atoms with Gasteiger partial charge in [-0.1, -0.05) is 46.4 Å². The number of aliphatic hydroxyl groups is 1. The largest absolute Gasteiger partial charge is 0.373 e. The molecular formula is C8H7Cl4NO3S. The second-order valence-corrected chi connectivity index (χ2v) is 7.54. The Balaban J connectivity index is 2.94. The Morgan fingerprint density at radius 3 is 2.06 bits per heavy atom. The molecule has 0 aromatic heterocycles. The maximum Gasteiger partial charge on any atom is 0.242 e. The number of hydrogen-bond acceptors (Lipinski definition) is 3. The van der Waals surface area contributed by atoms with E-state index in [2.05, 4.69) is 0 Å². The maximum absolute atomic E-state index is 11.7. The van der Waals surface area contributed by atoms with Crippen LogP contribution in [0.2, 0.25) is 5.02 Å². The Bertz CT molecular complexity index is 482. The highest BCUT2D eigenvalue weighted by Gasteiger charge is 2.34. The van der Waals surface area contributed by atoms with Crippen molar-refractivity contribution >= 4 is 56.4 Å². The maximum atomic E-state index is 11.7. The van der Waals surface area contributed by atoms with Crippen LogP contribution >= 0.6 is 46.4 Å². The summed E-state index contributed by atoms with van der Waals surface area (Å²) in [5.41, 5.74) is 0. The van der Waals surface area contributed by atoms with Gasteiger partial charge in [0.25, 0.3) is 0 Å². The van der Waals surface area contributed by atoms with Crippen LogP contribution in [0.25, 0.3) is 0 Å². The Morgan fingerprint density at radius 1 is 1.18 bits per heavy atom. The zero-order valence-electron chi connectivity index (χ0n) is 8.07. The van der Waals surface area contributed by atoms with Gasteiger partial charge in [-0.25, -0.2) is 8.42 Å². The van der Waals surface area contributed by atoms with Crippen molar-refractivity contribution < 1.29 is 13.5 Å². The molecule has 0 bridgehead atoms. The van der Waals surface area contributed by atoms with Gasteiger partial charge in [-0.3, -0.25) is 0 Å². The molecule has 1 aromatic carbocycles. The molecule has 1 atom stereocenters. The van der Waals surface area contributed by atoms with Crippen molar-refractivity contribution in [1.29, 1.82) is 0 Å². The quantitative estimate of drug-likeness (QED) is 0.656. The molecule has 9 heteroatoms. The van der Waals surface area contributed by atoms with E-state index in [0.29, 0.717) is 5.02 Å². The monoisotopic (exact) mass is 337 g/mol. The van der Waals surface area contributed by atoms with Crippen LogP contribution in [0, 0.1) is 0 Å². The number of benzene rings is 1. The number of alkyl halides is 3. The lowest BCUT2D eigenvalue weighted by Crippen LogP contribution is -2.43. The van der Waals surface area contributed by atoms with Crippen molar-refractivity contribution in [2.45, 2.75) is 14.9 Å². The molecule has 17 heavy (non-hydrogen) atoms. The molecule has 0 saturated heterocycles. The molecule has 0 aliphatic heterocycles. The van der Waals surface area contributed by atoms with E-state index in [4.69, 9.17) is 46.4 Å². The van der Waals surface area contributed by atoms with Crippen molar-refractivity contribution in [3.05, 3.63) is 29.3 Å². The van der Waals surface area contributed by atoms with Gasteiger partial charge in [0.1, 0.15) is 0 Å². The van der Waals surface area contributed by atoms with Crippen LogP contribution in [-0.4, -0.2) is 23.5 Å². The molecule has 0 saturated carbocycles. The van der Waals surface area contributed by atoms with E-state index in [9.17, 15) is 13.5 Å². The molecular weight excluding hydrogens is 332 g/mol. The molecule has 1 aromatic rings. The molecule has 2 N–H and O–H groups in total. The summed E-state index contributed by atoms with van der Waals surface area (Å²) in [5.74, 6) is 0. The standard InChI is InChI=1S/C8H7Cl4NO3S/c9-5-1-3-6(4-2-5)17(15,16)13-7(14)8(10,11)12/h1-4,7,13-14H/t7-/m1/s1.